The number of rotatable bonds is 2. The van der Waals surface area contributed by atoms with Gasteiger partial charge in [0, 0.05) is 0 Å². The summed E-state index contributed by atoms with van der Waals surface area (Å²) in [5, 5.41) is 8.86. The molecule has 6 aromatic carbocycles. The summed E-state index contributed by atoms with van der Waals surface area (Å²) >= 11 is -3.24. The number of allylic oxidation sites excluding steroid dienone is 2. The molecule has 44 heavy (non-hydrogen) atoms. The van der Waals surface area contributed by atoms with Crippen LogP contribution in [0.5, 0.6) is 0 Å². The predicted octanol–water partition coefficient (Wildman–Crippen LogP) is 11.7. The van der Waals surface area contributed by atoms with Crippen molar-refractivity contribution >= 4 is 51.2 Å². The van der Waals surface area contributed by atoms with E-state index in [0.29, 0.717) is 7.25 Å². The molecule has 1 heterocycles. The van der Waals surface area contributed by atoms with Gasteiger partial charge in [-0.05, 0) is 0 Å². The molecule has 2 unspecified atom stereocenters. The molecule has 2 atom stereocenters. The topological polar surface area (TPSA) is 0 Å². The molecule has 0 fully saturated rings. The molecule has 9 rings (SSSR count). The second kappa shape index (κ2) is 9.46. The predicted molar refractivity (Wildman–Crippen MR) is 189 cm³/mol. The number of hydrogen-bond donors (Lipinski definition) is 0. The third kappa shape index (κ3) is 3.48. The zero-order valence-corrected chi connectivity index (χ0v) is 29.3. The van der Waals surface area contributed by atoms with Crippen LogP contribution in [-0.4, -0.2) is 8.07 Å². The van der Waals surface area contributed by atoms with Gasteiger partial charge in [-0.25, -0.2) is 0 Å². The van der Waals surface area contributed by atoms with E-state index in [1.165, 1.54) is 43.8 Å². The first-order chi connectivity index (χ1) is 21.4. The molecule has 6 aromatic rings. The van der Waals surface area contributed by atoms with Crippen molar-refractivity contribution in [3.63, 3.8) is 0 Å². The zero-order valence-electron chi connectivity index (χ0n) is 25.9. The van der Waals surface area contributed by atoms with Crippen molar-refractivity contribution in [2.45, 2.75) is 29.6 Å². The van der Waals surface area contributed by atoms with E-state index in [-0.39, 0.29) is 0 Å². The first-order valence-electron chi connectivity index (χ1n) is 16.0. The molecule has 1 aliphatic heterocycles. The van der Waals surface area contributed by atoms with E-state index in [2.05, 4.69) is 156 Å². The quantitative estimate of drug-likeness (QED) is 0.162. The van der Waals surface area contributed by atoms with Crippen LogP contribution in [0.4, 0.5) is 0 Å². The Morgan fingerprint density at radius 2 is 0.795 bits per heavy atom. The standard InChI is InChI=1S/C40H30Si.2CH3.Zr/c1-41(2,39-33-21-9-5-15-29(33)25-37(39)35-23-11-17-27-13-3-7-19-31(27)35)40-34-22-10-6-16-30(34)26-38(40)36-24-12-18-28-14-4-8-20-32(28)36;;;/h3-26H,1-2H3;2*1H3;. The summed E-state index contributed by atoms with van der Waals surface area (Å²) in [6.07, 6.45) is 0. The number of hydrogen-bond acceptors (Lipinski definition) is 0. The van der Waals surface area contributed by atoms with Gasteiger partial charge in [0.05, 0.1) is 0 Å². The van der Waals surface area contributed by atoms with Gasteiger partial charge >= 0.3 is 268 Å². The van der Waals surface area contributed by atoms with Crippen LogP contribution >= 0.6 is 0 Å². The summed E-state index contributed by atoms with van der Waals surface area (Å²) in [5.74, 6) is 0. The third-order valence-corrected chi connectivity index (χ3v) is 24.9. The van der Waals surface area contributed by atoms with Gasteiger partial charge in [0.2, 0.25) is 0 Å². The van der Waals surface area contributed by atoms with E-state index in [0.717, 1.165) is 0 Å². The van der Waals surface area contributed by atoms with Gasteiger partial charge in [0.1, 0.15) is 0 Å². The molecule has 0 N–H and O–H groups in total. The van der Waals surface area contributed by atoms with Crippen LogP contribution in [0.1, 0.15) is 40.6 Å². The van der Waals surface area contributed by atoms with Crippen molar-refractivity contribution in [2.24, 2.45) is 0 Å². The summed E-state index contributed by atoms with van der Waals surface area (Å²) in [6, 6.07) is 51.3. The third-order valence-electron chi connectivity index (χ3n) is 11.1. The second-order valence-electron chi connectivity index (χ2n) is 14.1. The molecule has 0 spiro atoms. The van der Waals surface area contributed by atoms with Crippen LogP contribution < -0.4 is 0 Å². The van der Waals surface area contributed by atoms with Gasteiger partial charge < -0.3 is 0 Å². The Morgan fingerprint density at radius 1 is 0.432 bits per heavy atom. The average Bonchev–Trinajstić information content (AvgIpc) is 3.60. The minimum absolute atomic E-state index is 0.482. The molecular weight excluding hydrogens is 624 g/mol. The summed E-state index contributed by atoms with van der Waals surface area (Å²) in [4.78, 5) is 0. The Balaban J connectivity index is 1.48. The van der Waals surface area contributed by atoms with Crippen LogP contribution in [-0.2, 0) is 20.3 Å². The van der Waals surface area contributed by atoms with Gasteiger partial charge in [-0.1, -0.05) is 0 Å². The van der Waals surface area contributed by atoms with E-state index in [4.69, 9.17) is 0 Å². The maximum atomic E-state index is 2.78. The molecule has 0 saturated carbocycles. The average molecular weight is 660 g/mol. The monoisotopic (exact) mass is 658 g/mol. The Bertz CT molecular complexity index is 2080. The van der Waals surface area contributed by atoms with E-state index in [1.54, 1.807) is 32.7 Å². The molecule has 2 aliphatic carbocycles. The van der Waals surface area contributed by atoms with Crippen LogP contribution in [0.2, 0.25) is 22.4 Å². The fourth-order valence-electron chi connectivity index (χ4n) is 9.53. The molecular formula is C42H36SiZr. The summed E-state index contributed by atoms with van der Waals surface area (Å²) in [7, 11) is -2.29. The van der Waals surface area contributed by atoms with Crippen molar-refractivity contribution in [3.8, 4) is 0 Å². The Kier molecular flexibility index (Phi) is 5.76. The second-order valence-corrected chi connectivity index (χ2v) is 30.2. The first-order valence-corrected chi connectivity index (χ1v) is 26.8. The Labute approximate surface area is 266 Å². The van der Waals surface area contributed by atoms with Gasteiger partial charge in [0.15, 0.2) is 0 Å². The molecule has 0 nitrogen and oxygen atoms in total. The fraction of sp³-hybridized carbons (Fsp3) is 0.143. The minimum atomic E-state index is -3.24. The summed E-state index contributed by atoms with van der Waals surface area (Å²) in [6.45, 7) is 5.33. The maximum absolute atomic E-state index is 3.24. The number of benzene rings is 6. The van der Waals surface area contributed by atoms with Crippen molar-refractivity contribution in [2.75, 3.05) is 0 Å². The van der Waals surface area contributed by atoms with Gasteiger partial charge in [-0.2, -0.15) is 0 Å². The van der Waals surface area contributed by atoms with Gasteiger partial charge in [0.25, 0.3) is 0 Å². The van der Waals surface area contributed by atoms with Crippen molar-refractivity contribution in [3.05, 3.63) is 167 Å². The number of fused-ring (bicyclic) bond motifs is 10. The SMILES string of the molecule is C[Si]1(C)C2=C(c3cccc4ccccc34)[CH](c3ccccc32)[Zr]([CH3])([CH3])[CH]2C(c3cccc4ccccc34)=C1c1ccccc12. The molecule has 0 amide bonds. The molecule has 212 valence electrons. The van der Waals surface area contributed by atoms with Gasteiger partial charge in [-0.3, -0.25) is 0 Å². The molecule has 0 radical (unpaired) electrons. The van der Waals surface area contributed by atoms with E-state index in [1.807, 2.05) is 0 Å². The van der Waals surface area contributed by atoms with Crippen LogP contribution in [0, 0.1) is 0 Å². The van der Waals surface area contributed by atoms with Crippen LogP contribution in [0.3, 0.4) is 0 Å². The van der Waals surface area contributed by atoms with Crippen molar-refractivity contribution < 1.29 is 20.3 Å². The summed E-state index contributed by atoms with van der Waals surface area (Å²) in [5.41, 5.74) is 12.6. The molecule has 0 aromatic heterocycles. The van der Waals surface area contributed by atoms with E-state index in [9.17, 15) is 0 Å². The fourth-order valence-corrected chi connectivity index (χ4v) is 25.3. The van der Waals surface area contributed by atoms with E-state index >= 15 is 0 Å². The zero-order chi connectivity index (χ0) is 29.8. The Hall–Kier alpha value is -3.58. The molecule has 3 aliphatic rings. The van der Waals surface area contributed by atoms with Crippen molar-refractivity contribution in [1.82, 2.24) is 0 Å². The Morgan fingerprint density at radius 3 is 1.27 bits per heavy atom. The first kappa shape index (κ1) is 26.8. The van der Waals surface area contributed by atoms with Crippen LogP contribution in [0.15, 0.2) is 133 Å². The molecule has 0 saturated heterocycles. The molecule has 2 heteroatoms. The molecule has 4 bridgehead atoms. The van der Waals surface area contributed by atoms with Gasteiger partial charge in [-0.15, -0.1) is 0 Å². The van der Waals surface area contributed by atoms with E-state index < -0.39 is 28.3 Å². The normalized spacial score (nSPS) is 20.9. The van der Waals surface area contributed by atoms with Crippen molar-refractivity contribution in [1.29, 1.82) is 0 Å². The summed E-state index contributed by atoms with van der Waals surface area (Å²) < 4.78 is 6.52. The van der Waals surface area contributed by atoms with Crippen LogP contribution in [0.25, 0.3) is 43.1 Å².